The summed E-state index contributed by atoms with van der Waals surface area (Å²) in [6.07, 6.45) is 0. The van der Waals surface area contributed by atoms with Gasteiger partial charge in [-0.15, -0.1) is 0 Å². The van der Waals surface area contributed by atoms with Crippen molar-refractivity contribution in [1.29, 1.82) is 5.26 Å². The van der Waals surface area contributed by atoms with Gasteiger partial charge in [0, 0.05) is 5.56 Å². The summed E-state index contributed by atoms with van der Waals surface area (Å²) in [6.45, 7) is 0. The Bertz CT molecular complexity index is 1080. The summed E-state index contributed by atoms with van der Waals surface area (Å²) in [5, 5.41) is 11.6. The van der Waals surface area contributed by atoms with Crippen molar-refractivity contribution >= 4 is 10.8 Å². The van der Waals surface area contributed by atoms with Crippen LogP contribution in [0, 0.1) is 17.1 Å². The second-order valence-corrected chi connectivity index (χ2v) is 6.04. The Morgan fingerprint density at radius 2 is 1.85 bits per heavy atom. The number of nitriles is 1. The van der Waals surface area contributed by atoms with Crippen LogP contribution in [0.3, 0.4) is 0 Å². The lowest BCUT2D eigenvalue weighted by Gasteiger charge is -2.28. The molecular formula is C21H15FN2O2. The molecule has 1 heterocycles. The monoisotopic (exact) mass is 346 g/mol. The van der Waals surface area contributed by atoms with E-state index in [2.05, 4.69) is 6.07 Å². The molecule has 0 fully saturated rings. The Labute approximate surface area is 149 Å². The third kappa shape index (κ3) is 2.44. The lowest BCUT2D eigenvalue weighted by Crippen LogP contribution is -2.21. The highest BCUT2D eigenvalue weighted by Crippen LogP contribution is 2.46. The molecule has 1 atom stereocenters. The van der Waals surface area contributed by atoms with Crippen LogP contribution in [-0.4, -0.2) is 7.11 Å². The lowest BCUT2D eigenvalue weighted by atomic mass is 9.81. The third-order valence-electron chi connectivity index (χ3n) is 4.62. The zero-order valence-electron chi connectivity index (χ0n) is 14.0. The molecule has 0 spiro atoms. The van der Waals surface area contributed by atoms with E-state index in [0.717, 1.165) is 21.9 Å². The van der Waals surface area contributed by atoms with Gasteiger partial charge in [-0.25, -0.2) is 4.39 Å². The van der Waals surface area contributed by atoms with Crippen molar-refractivity contribution in [3.63, 3.8) is 0 Å². The molecule has 0 saturated carbocycles. The standard InChI is InChI=1S/C21H15FN2O2/c1-25-15-8-4-12-5-9-18-20(16(12)10-15)19(17(11-23)21(24)26-18)13-2-6-14(22)7-3-13/h2-10,19H,24H2,1H3. The SMILES string of the molecule is COc1ccc2ccc3c(c2c1)C(c1ccc(F)cc1)C(C#N)=C(N)O3. The zero-order chi connectivity index (χ0) is 18.3. The number of ether oxygens (including phenoxy) is 2. The molecule has 4 nitrogen and oxygen atoms in total. The maximum Gasteiger partial charge on any atom is 0.205 e. The van der Waals surface area contributed by atoms with Gasteiger partial charge in [0.2, 0.25) is 5.88 Å². The smallest absolute Gasteiger partial charge is 0.205 e. The Morgan fingerprint density at radius 1 is 1.12 bits per heavy atom. The molecule has 3 aromatic carbocycles. The average molecular weight is 346 g/mol. The van der Waals surface area contributed by atoms with Gasteiger partial charge in [-0.3, -0.25) is 0 Å². The van der Waals surface area contributed by atoms with Gasteiger partial charge < -0.3 is 15.2 Å². The largest absolute Gasteiger partial charge is 0.497 e. The number of hydrogen-bond acceptors (Lipinski definition) is 4. The lowest BCUT2D eigenvalue weighted by molar-refractivity contribution is 0.394. The predicted molar refractivity (Wildman–Crippen MR) is 96.2 cm³/mol. The fraction of sp³-hybridized carbons (Fsp3) is 0.0952. The van der Waals surface area contributed by atoms with Gasteiger partial charge in [0.05, 0.1) is 13.0 Å². The van der Waals surface area contributed by atoms with Crippen LogP contribution in [-0.2, 0) is 0 Å². The van der Waals surface area contributed by atoms with Gasteiger partial charge in [0.15, 0.2) is 0 Å². The number of hydrogen-bond donors (Lipinski definition) is 1. The van der Waals surface area contributed by atoms with Crippen LogP contribution < -0.4 is 15.2 Å². The van der Waals surface area contributed by atoms with Crippen molar-refractivity contribution < 1.29 is 13.9 Å². The van der Waals surface area contributed by atoms with Gasteiger partial charge in [-0.05, 0) is 46.7 Å². The average Bonchev–Trinajstić information content (AvgIpc) is 2.67. The first-order valence-corrected chi connectivity index (χ1v) is 8.06. The van der Waals surface area contributed by atoms with Crippen molar-refractivity contribution in [1.82, 2.24) is 0 Å². The van der Waals surface area contributed by atoms with Gasteiger partial charge >= 0.3 is 0 Å². The van der Waals surface area contributed by atoms with Crippen molar-refractivity contribution in [3.05, 3.63) is 83.0 Å². The maximum absolute atomic E-state index is 13.4. The van der Waals surface area contributed by atoms with Crippen molar-refractivity contribution in [2.45, 2.75) is 5.92 Å². The molecule has 1 aliphatic rings. The van der Waals surface area contributed by atoms with E-state index in [1.807, 2.05) is 30.3 Å². The first-order chi connectivity index (χ1) is 12.6. The highest BCUT2D eigenvalue weighted by atomic mass is 19.1. The molecule has 0 aliphatic carbocycles. The Morgan fingerprint density at radius 3 is 2.54 bits per heavy atom. The number of nitrogens with zero attached hydrogens (tertiary/aromatic N) is 1. The second-order valence-electron chi connectivity index (χ2n) is 6.04. The van der Waals surface area contributed by atoms with Gasteiger partial charge in [-0.1, -0.05) is 24.3 Å². The van der Waals surface area contributed by atoms with E-state index >= 15 is 0 Å². The van der Waals surface area contributed by atoms with Gasteiger partial charge in [-0.2, -0.15) is 5.26 Å². The predicted octanol–water partition coefficient (Wildman–Crippen LogP) is 4.21. The van der Waals surface area contributed by atoms with Crippen molar-refractivity contribution in [3.8, 4) is 17.6 Å². The van der Waals surface area contributed by atoms with E-state index in [1.54, 1.807) is 19.2 Å². The van der Waals surface area contributed by atoms with Crippen molar-refractivity contribution in [2.75, 3.05) is 7.11 Å². The Kier molecular flexibility index (Phi) is 3.74. The van der Waals surface area contributed by atoms with Crippen LogP contribution in [0.1, 0.15) is 17.0 Å². The molecular weight excluding hydrogens is 331 g/mol. The van der Waals surface area contributed by atoms with Gasteiger partial charge in [0.1, 0.15) is 29.0 Å². The number of nitrogens with two attached hydrogens (primary N) is 1. The second kappa shape index (κ2) is 6.08. The molecule has 0 amide bonds. The fourth-order valence-corrected chi connectivity index (χ4v) is 3.38. The van der Waals surface area contributed by atoms with Gasteiger partial charge in [0.25, 0.3) is 0 Å². The summed E-state index contributed by atoms with van der Waals surface area (Å²) >= 11 is 0. The van der Waals surface area contributed by atoms with E-state index in [0.29, 0.717) is 17.1 Å². The van der Waals surface area contributed by atoms with E-state index in [-0.39, 0.29) is 11.7 Å². The molecule has 128 valence electrons. The molecule has 4 rings (SSSR count). The minimum atomic E-state index is -0.444. The molecule has 0 saturated heterocycles. The molecule has 2 N–H and O–H groups in total. The maximum atomic E-state index is 13.4. The highest BCUT2D eigenvalue weighted by Gasteiger charge is 2.32. The van der Waals surface area contributed by atoms with E-state index in [9.17, 15) is 9.65 Å². The first-order valence-electron chi connectivity index (χ1n) is 8.06. The molecule has 26 heavy (non-hydrogen) atoms. The summed E-state index contributed by atoms with van der Waals surface area (Å²) in [4.78, 5) is 0. The summed E-state index contributed by atoms with van der Waals surface area (Å²) in [5.74, 6) is 0.564. The van der Waals surface area contributed by atoms with E-state index in [4.69, 9.17) is 15.2 Å². The third-order valence-corrected chi connectivity index (χ3v) is 4.62. The number of allylic oxidation sites excluding steroid dienone is 1. The molecule has 0 radical (unpaired) electrons. The molecule has 1 unspecified atom stereocenters. The zero-order valence-corrected chi connectivity index (χ0v) is 14.0. The van der Waals surface area contributed by atoms with E-state index < -0.39 is 5.92 Å². The Balaban J connectivity index is 2.05. The molecule has 0 bridgehead atoms. The minimum Gasteiger partial charge on any atom is -0.497 e. The number of rotatable bonds is 2. The van der Waals surface area contributed by atoms with Crippen LogP contribution in [0.25, 0.3) is 10.8 Å². The number of fused-ring (bicyclic) bond motifs is 3. The summed E-state index contributed by atoms with van der Waals surface area (Å²) in [7, 11) is 1.60. The minimum absolute atomic E-state index is 0.0663. The quantitative estimate of drug-likeness (QED) is 0.755. The molecule has 0 aromatic heterocycles. The fourth-order valence-electron chi connectivity index (χ4n) is 3.38. The number of halogens is 1. The van der Waals surface area contributed by atoms with Crippen LogP contribution in [0.5, 0.6) is 11.5 Å². The van der Waals surface area contributed by atoms with Crippen molar-refractivity contribution in [2.24, 2.45) is 5.73 Å². The topological polar surface area (TPSA) is 68.3 Å². The normalized spacial score (nSPS) is 16.0. The Hall–Kier alpha value is -3.52. The first kappa shape index (κ1) is 16.0. The molecule has 3 aromatic rings. The van der Waals surface area contributed by atoms with Crippen LogP contribution in [0.15, 0.2) is 66.1 Å². The summed E-state index contributed by atoms with van der Waals surface area (Å²) < 4.78 is 24.5. The van der Waals surface area contributed by atoms with E-state index in [1.165, 1.54) is 12.1 Å². The highest BCUT2D eigenvalue weighted by molar-refractivity contribution is 5.91. The van der Waals surface area contributed by atoms with Crippen LogP contribution >= 0.6 is 0 Å². The van der Waals surface area contributed by atoms with Crippen LogP contribution in [0.4, 0.5) is 4.39 Å². The summed E-state index contributed by atoms with van der Waals surface area (Å²) in [6, 6.07) is 17.7. The number of benzene rings is 3. The number of methoxy groups -OCH3 is 1. The molecule has 1 aliphatic heterocycles. The molecule has 5 heteroatoms. The van der Waals surface area contributed by atoms with Crippen LogP contribution in [0.2, 0.25) is 0 Å². The summed E-state index contributed by atoms with van der Waals surface area (Å²) in [5.41, 5.74) is 7.89.